The molecule has 0 aliphatic carbocycles. The number of nitrogens with two attached hydrogens (primary N) is 1. The van der Waals surface area contributed by atoms with Crippen LogP contribution in [0.4, 0.5) is 5.82 Å². The lowest BCUT2D eigenvalue weighted by atomic mass is 10.1. The molecule has 2 heterocycles. The Balaban J connectivity index is 2.20. The summed E-state index contributed by atoms with van der Waals surface area (Å²) in [7, 11) is 2.04. The van der Waals surface area contributed by atoms with Crippen molar-refractivity contribution in [1.29, 1.82) is 0 Å². The maximum Gasteiger partial charge on any atom is 0.133 e. The molecular formula is C13H16BrN3S. The highest BCUT2D eigenvalue weighted by Gasteiger charge is 2.12. The molecule has 0 saturated carbocycles. The lowest BCUT2D eigenvalue weighted by Gasteiger charge is -2.22. The molecule has 2 aromatic heterocycles. The van der Waals surface area contributed by atoms with E-state index in [1.54, 1.807) is 17.5 Å². The predicted molar refractivity (Wildman–Crippen MR) is 81.0 cm³/mol. The summed E-state index contributed by atoms with van der Waals surface area (Å²) in [4.78, 5) is 6.57. The Kier molecular flexibility index (Phi) is 4.37. The van der Waals surface area contributed by atoms with Gasteiger partial charge in [0.05, 0.1) is 3.79 Å². The number of halogens is 1. The number of hydrogen-bond donors (Lipinski definition) is 1. The van der Waals surface area contributed by atoms with Crippen molar-refractivity contribution in [2.45, 2.75) is 19.5 Å². The number of hydrogen-bond acceptors (Lipinski definition) is 4. The van der Waals surface area contributed by atoms with Crippen molar-refractivity contribution < 1.29 is 0 Å². The Bertz CT molecular complexity index is 524. The number of rotatable bonds is 4. The van der Waals surface area contributed by atoms with Gasteiger partial charge in [-0.05, 0) is 45.9 Å². The van der Waals surface area contributed by atoms with E-state index < -0.39 is 0 Å². The van der Waals surface area contributed by atoms with E-state index in [2.05, 4.69) is 37.3 Å². The van der Waals surface area contributed by atoms with E-state index in [4.69, 9.17) is 5.73 Å². The van der Waals surface area contributed by atoms with Crippen molar-refractivity contribution in [2.24, 2.45) is 5.73 Å². The average molecular weight is 326 g/mol. The SMILES string of the molecule is CC(N)c1cccnc1N(C)Cc1csc(Br)c1. The van der Waals surface area contributed by atoms with E-state index in [1.165, 1.54) is 5.56 Å². The molecule has 18 heavy (non-hydrogen) atoms. The normalized spacial score (nSPS) is 12.4. The smallest absolute Gasteiger partial charge is 0.133 e. The zero-order valence-electron chi connectivity index (χ0n) is 10.4. The zero-order chi connectivity index (χ0) is 13.1. The van der Waals surface area contributed by atoms with Crippen LogP contribution in [0.2, 0.25) is 0 Å². The van der Waals surface area contributed by atoms with Gasteiger partial charge < -0.3 is 10.6 Å². The van der Waals surface area contributed by atoms with Gasteiger partial charge in [0, 0.05) is 31.4 Å². The molecule has 1 atom stereocenters. The van der Waals surface area contributed by atoms with E-state index in [0.29, 0.717) is 0 Å². The fourth-order valence-electron chi connectivity index (χ4n) is 1.86. The Morgan fingerprint density at radius 2 is 2.33 bits per heavy atom. The fourth-order valence-corrected chi connectivity index (χ4v) is 3.06. The molecule has 0 saturated heterocycles. The number of thiophene rings is 1. The van der Waals surface area contributed by atoms with Crippen LogP contribution >= 0.6 is 27.3 Å². The average Bonchev–Trinajstić information content (AvgIpc) is 2.74. The van der Waals surface area contributed by atoms with Gasteiger partial charge in [-0.2, -0.15) is 0 Å². The van der Waals surface area contributed by atoms with E-state index in [0.717, 1.165) is 21.7 Å². The van der Waals surface area contributed by atoms with Gasteiger partial charge in [0.25, 0.3) is 0 Å². The third-order valence-corrected chi connectivity index (χ3v) is 4.26. The topological polar surface area (TPSA) is 42.1 Å². The first kappa shape index (κ1) is 13.5. The van der Waals surface area contributed by atoms with Crippen LogP contribution in [-0.2, 0) is 6.54 Å². The van der Waals surface area contributed by atoms with Crippen LogP contribution in [0, 0.1) is 0 Å². The van der Waals surface area contributed by atoms with E-state index in [-0.39, 0.29) is 6.04 Å². The predicted octanol–water partition coefficient (Wildman–Crippen LogP) is 3.56. The van der Waals surface area contributed by atoms with Gasteiger partial charge in [-0.15, -0.1) is 11.3 Å². The molecule has 2 aromatic rings. The Hall–Kier alpha value is -0.910. The molecule has 5 heteroatoms. The van der Waals surface area contributed by atoms with Gasteiger partial charge in [0.2, 0.25) is 0 Å². The lowest BCUT2D eigenvalue weighted by Crippen LogP contribution is -2.21. The molecular weight excluding hydrogens is 310 g/mol. The molecule has 0 spiro atoms. The standard InChI is InChI=1S/C13H16BrN3S/c1-9(15)11-4-3-5-16-13(11)17(2)7-10-6-12(14)18-8-10/h3-6,8-9H,7,15H2,1-2H3. The first-order chi connectivity index (χ1) is 8.58. The maximum atomic E-state index is 5.98. The minimum Gasteiger partial charge on any atom is -0.355 e. The molecule has 3 nitrogen and oxygen atoms in total. The van der Waals surface area contributed by atoms with Crippen LogP contribution in [0.5, 0.6) is 0 Å². The second-order valence-electron chi connectivity index (χ2n) is 4.32. The third kappa shape index (κ3) is 3.10. The maximum absolute atomic E-state index is 5.98. The lowest BCUT2D eigenvalue weighted by molar-refractivity contribution is 0.789. The van der Waals surface area contributed by atoms with Gasteiger partial charge in [0.15, 0.2) is 0 Å². The van der Waals surface area contributed by atoms with Crippen LogP contribution in [-0.4, -0.2) is 12.0 Å². The second-order valence-corrected chi connectivity index (χ2v) is 6.61. The highest BCUT2D eigenvalue weighted by atomic mass is 79.9. The van der Waals surface area contributed by atoms with Gasteiger partial charge in [-0.1, -0.05) is 6.07 Å². The molecule has 0 bridgehead atoms. The van der Waals surface area contributed by atoms with Crippen LogP contribution in [0.15, 0.2) is 33.6 Å². The number of nitrogens with zero attached hydrogens (tertiary/aromatic N) is 2. The van der Waals surface area contributed by atoms with Crippen molar-refractivity contribution in [2.75, 3.05) is 11.9 Å². The monoisotopic (exact) mass is 325 g/mol. The van der Waals surface area contributed by atoms with Gasteiger partial charge >= 0.3 is 0 Å². The van der Waals surface area contributed by atoms with Crippen LogP contribution in [0.1, 0.15) is 24.1 Å². The molecule has 0 aromatic carbocycles. The summed E-state index contributed by atoms with van der Waals surface area (Å²) in [5.41, 5.74) is 8.33. The highest BCUT2D eigenvalue weighted by Crippen LogP contribution is 2.25. The van der Waals surface area contributed by atoms with E-state index in [9.17, 15) is 0 Å². The largest absolute Gasteiger partial charge is 0.355 e. The summed E-state index contributed by atoms with van der Waals surface area (Å²) in [5, 5.41) is 2.15. The van der Waals surface area contributed by atoms with E-state index >= 15 is 0 Å². The molecule has 0 aliphatic heterocycles. The third-order valence-electron chi connectivity index (χ3n) is 2.71. The fraction of sp³-hybridized carbons (Fsp3) is 0.308. The Morgan fingerprint density at radius 3 is 2.94 bits per heavy atom. The van der Waals surface area contributed by atoms with Crippen LogP contribution < -0.4 is 10.6 Å². The van der Waals surface area contributed by atoms with Crippen molar-refractivity contribution >= 4 is 33.1 Å². The van der Waals surface area contributed by atoms with Gasteiger partial charge in [-0.3, -0.25) is 0 Å². The number of pyridine rings is 1. The Morgan fingerprint density at radius 1 is 1.56 bits per heavy atom. The summed E-state index contributed by atoms with van der Waals surface area (Å²) in [6.07, 6.45) is 1.81. The van der Waals surface area contributed by atoms with Crippen molar-refractivity contribution in [3.63, 3.8) is 0 Å². The molecule has 2 N–H and O–H groups in total. The summed E-state index contributed by atoms with van der Waals surface area (Å²) < 4.78 is 1.15. The van der Waals surface area contributed by atoms with Gasteiger partial charge in [-0.25, -0.2) is 4.98 Å². The summed E-state index contributed by atoms with van der Waals surface area (Å²) in [6.45, 7) is 2.81. The van der Waals surface area contributed by atoms with Crippen molar-refractivity contribution in [3.05, 3.63) is 44.7 Å². The molecule has 1 unspecified atom stereocenters. The first-order valence-electron chi connectivity index (χ1n) is 5.72. The molecule has 2 rings (SSSR count). The van der Waals surface area contributed by atoms with Crippen molar-refractivity contribution in [3.8, 4) is 0 Å². The second kappa shape index (κ2) is 5.82. The summed E-state index contributed by atoms with van der Waals surface area (Å²) in [6, 6.07) is 6.09. The summed E-state index contributed by atoms with van der Waals surface area (Å²) in [5.74, 6) is 0.954. The zero-order valence-corrected chi connectivity index (χ0v) is 12.8. The van der Waals surface area contributed by atoms with Crippen LogP contribution in [0.3, 0.4) is 0 Å². The first-order valence-corrected chi connectivity index (χ1v) is 7.39. The quantitative estimate of drug-likeness (QED) is 0.934. The highest BCUT2D eigenvalue weighted by molar-refractivity contribution is 9.11. The van der Waals surface area contributed by atoms with Gasteiger partial charge in [0.1, 0.15) is 5.82 Å². The van der Waals surface area contributed by atoms with Crippen LogP contribution in [0.25, 0.3) is 0 Å². The molecule has 0 radical (unpaired) electrons. The number of anilines is 1. The molecule has 0 amide bonds. The minimum absolute atomic E-state index is 0.00893. The van der Waals surface area contributed by atoms with E-state index in [1.807, 2.05) is 26.1 Å². The Labute approximate surface area is 120 Å². The van der Waals surface area contributed by atoms with Crippen molar-refractivity contribution in [1.82, 2.24) is 4.98 Å². The number of aromatic nitrogens is 1. The summed E-state index contributed by atoms with van der Waals surface area (Å²) >= 11 is 5.18. The molecule has 0 aliphatic rings. The molecule has 0 fully saturated rings. The molecule has 96 valence electrons. The minimum atomic E-state index is -0.00893.